The van der Waals surface area contributed by atoms with Gasteiger partial charge in [0.2, 0.25) is 5.88 Å². The molecule has 5 nitrogen and oxygen atoms in total. The number of benzene rings is 1. The first kappa shape index (κ1) is 12.9. The van der Waals surface area contributed by atoms with Crippen LogP contribution in [-0.2, 0) is 13.5 Å². The molecule has 0 fully saturated rings. The molecule has 0 radical (unpaired) electrons. The Kier molecular flexibility index (Phi) is 3.38. The molecule has 0 atom stereocenters. The third kappa shape index (κ3) is 2.36. The summed E-state index contributed by atoms with van der Waals surface area (Å²) in [6.07, 6.45) is 0.685. The van der Waals surface area contributed by atoms with Crippen molar-refractivity contribution in [3.05, 3.63) is 35.3 Å². The van der Waals surface area contributed by atoms with Crippen LogP contribution in [0, 0.1) is 17.1 Å². The van der Waals surface area contributed by atoms with Gasteiger partial charge in [0.25, 0.3) is 0 Å². The zero-order valence-corrected chi connectivity index (χ0v) is 10.6. The Bertz CT molecular complexity index is 657. The van der Waals surface area contributed by atoms with Crippen molar-refractivity contribution in [2.24, 2.45) is 7.05 Å². The highest BCUT2D eigenvalue weighted by Gasteiger charge is 2.14. The van der Waals surface area contributed by atoms with Gasteiger partial charge in [-0.1, -0.05) is 6.92 Å². The van der Waals surface area contributed by atoms with Crippen LogP contribution >= 0.6 is 0 Å². The van der Waals surface area contributed by atoms with E-state index in [2.05, 4.69) is 5.10 Å². The van der Waals surface area contributed by atoms with Crippen molar-refractivity contribution in [3.8, 4) is 17.7 Å². The van der Waals surface area contributed by atoms with Crippen LogP contribution in [0.1, 0.15) is 18.2 Å². The van der Waals surface area contributed by atoms with Gasteiger partial charge in [-0.15, -0.1) is 0 Å². The van der Waals surface area contributed by atoms with E-state index in [-0.39, 0.29) is 11.3 Å². The lowest BCUT2D eigenvalue weighted by molar-refractivity contribution is 0.429. The summed E-state index contributed by atoms with van der Waals surface area (Å²) < 4.78 is 20.5. The highest BCUT2D eigenvalue weighted by atomic mass is 19.1. The summed E-state index contributed by atoms with van der Waals surface area (Å²) in [7, 11) is 1.70. The third-order valence-electron chi connectivity index (χ3n) is 2.72. The minimum absolute atomic E-state index is 0.0282. The van der Waals surface area contributed by atoms with E-state index in [4.69, 9.17) is 15.7 Å². The molecule has 0 saturated heterocycles. The normalized spacial score (nSPS) is 10.2. The van der Waals surface area contributed by atoms with E-state index in [0.29, 0.717) is 18.0 Å². The SMILES string of the molecule is CCc1nn(C)c(Oc2ccc(C#N)c(F)c2)c1N. The lowest BCUT2D eigenvalue weighted by Gasteiger charge is -2.07. The number of halogens is 1. The Balaban J connectivity index is 2.34. The first-order valence-corrected chi connectivity index (χ1v) is 5.75. The Morgan fingerprint density at radius 1 is 1.53 bits per heavy atom. The number of hydrogen-bond acceptors (Lipinski definition) is 4. The molecule has 6 heteroatoms. The minimum atomic E-state index is -0.628. The lowest BCUT2D eigenvalue weighted by atomic mass is 10.2. The van der Waals surface area contributed by atoms with Crippen molar-refractivity contribution in [1.82, 2.24) is 9.78 Å². The maximum absolute atomic E-state index is 13.5. The molecule has 0 aliphatic carbocycles. The first-order valence-electron chi connectivity index (χ1n) is 5.75. The highest BCUT2D eigenvalue weighted by molar-refractivity contribution is 5.54. The molecule has 0 spiro atoms. The Hall–Kier alpha value is -2.55. The Morgan fingerprint density at radius 3 is 2.79 bits per heavy atom. The predicted octanol–water partition coefficient (Wildman–Crippen LogP) is 2.37. The van der Waals surface area contributed by atoms with E-state index in [1.807, 2.05) is 6.92 Å². The molecular weight excluding hydrogens is 247 g/mol. The molecule has 2 N–H and O–H groups in total. The van der Waals surface area contributed by atoms with Crippen LogP contribution in [0.15, 0.2) is 18.2 Å². The molecule has 1 aromatic carbocycles. The summed E-state index contributed by atoms with van der Waals surface area (Å²) >= 11 is 0. The van der Waals surface area contributed by atoms with E-state index in [1.165, 1.54) is 16.8 Å². The molecule has 0 unspecified atom stereocenters. The summed E-state index contributed by atoms with van der Waals surface area (Å²) in [6.45, 7) is 1.93. The van der Waals surface area contributed by atoms with Gasteiger partial charge in [0.05, 0.1) is 11.3 Å². The molecular formula is C13H13FN4O. The van der Waals surface area contributed by atoms with Gasteiger partial charge in [-0.3, -0.25) is 0 Å². The summed E-state index contributed by atoms with van der Waals surface area (Å²) in [5.41, 5.74) is 7.04. The monoisotopic (exact) mass is 260 g/mol. The summed E-state index contributed by atoms with van der Waals surface area (Å²) in [4.78, 5) is 0. The molecule has 0 bridgehead atoms. The van der Waals surface area contributed by atoms with Gasteiger partial charge in [-0.2, -0.15) is 10.4 Å². The topological polar surface area (TPSA) is 76.9 Å². The van der Waals surface area contributed by atoms with Crippen molar-refractivity contribution in [1.29, 1.82) is 5.26 Å². The van der Waals surface area contributed by atoms with Crippen LogP contribution in [0.2, 0.25) is 0 Å². The summed E-state index contributed by atoms with van der Waals surface area (Å²) in [6, 6.07) is 5.77. The predicted molar refractivity (Wildman–Crippen MR) is 68.2 cm³/mol. The fraction of sp³-hybridized carbons (Fsp3) is 0.231. The van der Waals surface area contributed by atoms with Crippen LogP contribution < -0.4 is 10.5 Å². The fourth-order valence-electron chi connectivity index (χ4n) is 1.72. The highest BCUT2D eigenvalue weighted by Crippen LogP contribution is 2.30. The molecule has 0 saturated carbocycles. The van der Waals surface area contributed by atoms with Gasteiger partial charge in [0.1, 0.15) is 23.3 Å². The molecule has 0 aliphatic rings. The zero-order chi connectivity index (χ0) is 14.0. The molecule has 1 heterocycles. The molecule has 19 heavy (non-hydrogen) atoms. The van der Waals surface area contributed by atoms with Crippen molar-refractivity contribution >= 4 is 5.69 Å². The molecule has 98 valence electrons. The molecule has 0 amide bonds. The molecule has 0 aliphatic heterocycles. The largest absolute Gasteiger partial charge is 0.437 e. The number of anilines is 1. The van der Waals surface area contributed by atoms with Crippen molar-refractivity contribution in [2.75, 3.05) is 5.73 Å². The Morgan fingerprint density at radius 2 is 2.26 bits per heavy atom. The second-order valence-corrected chi connectivity index (χ2v) is 4.00. The number of ether oxygens (including phenoxy) is 1. The van der Waals surface area contributed by atoms with Crippen LogP contribution in [0.25, 0.3) is 0 Å². The maximum atomic E-state index is 13.5. The van der Waals surface area contributed by atoms with Gasteiger partial charge in [-0.25, -0.2) is 9.07 Å². The van der Waals surface area contributed by atoms with Crippen molar-refractivity contribution in [2.45, 2.75) is 13.3 Å². The summed E-state index contributed by atoms with van der Waals surface area (Å²) in [5.74, 6) is 0.00580. The standard InChI is InChI=1S/C13H13FN4O/c1-3-11-12(16)13(18(2)17-11)19-9-5-4-8(7-15)10(14)6-9/h4-6H,3,16H2,1-2H3. The van der Waals surface area contributed by atoms with Crippen LogP contribution in [-0.4, -0.2) is 9.78 Å². The quantitative estimate of drug-likeness (QED) is 0.919. The first-order chi connectivity index (χ1) is 9.06. The van der Waals surface area contributed by atoms with E-state index in [1.54, 1.807) is 13.1 Å². The second kappa shape index (κ2) is 4.98. The van der Waals surface area contributed by atoms with E-state index in [9.17, 15) is 4.39 Å². The summed E-state index contributed by atoms with van der Waals surface area (Å²) in [5, 5.41) is 12.9. The van der Waals surface area contributed by atoms with E-state index in [0.717, 1.165) is 11.8 Å². The lowest BCUT2D eigenvalue weighted by Crippen LogP contribution is -1.97. The van der Waals surface area contributed by atoms with Crippen molar-refractivity contribution < 1.29 is 9.13 Å². The number of rotatable bonds is 3. The number of nitrogens with zero attached hydrogens (tertiary/aromatic N) is 3. The van der Waals surface area contributed by atoms with E-state index >= 15 is 0 Å². The van der Waals surface area contributed by atoms with Gasteiger partial charge < -0.3 is 10.5 Å². The van der Waals surface area contributed by atoms with Gasteiger partial charge >= 0.3 is 0 Å². The second-order valence-electron chi connectivity index (χ2n) is 4.00. The number of aryl methyl sites for hydroxylation is 2. The van der Waals surface area contributed by atoms with Gasteiger partial charge in [-0.05, 0) is 18.6 Å². The minimum Gasteiger partial charge on any atom is -0.437 e. The van der Waals surface area contributed by atoms with Gasteiger partial charge in [0, 0.05) is 13.1 Å². The average molecular weight is 260 g/mol. The molecule has 1 aromatic heterocycles. The third-order valence-corrected chi connectivity index (χ3v) is 2.72. The number of nitrogen functional groups attached to an aromatic ring is 1. The van der Waals surface area contributed by atoms with Crippen LogP contribution in [0.3, 0.4) is 0 Å². The number of aromatic nitrogens is 2. The van der Waals surface area contributed by atoms with Crippen LogP contribution in [0.4, 0.5) is 10.1 Å². The van der Waals surface area contributed by atoms with Crippen LogP contribution in [0.5, 0.6) is 11.6 Å². The zero-order valence-electron chi connectivity index (χ0n) is 10.6. The Labute approximate surface area is 110 Å². The number of nitrogens with two attached hydrogens (primary N) is 1. The van der Waals surface area contributed by atoms with Gasteiger partial charge in [0.15, 0.2) is 0 Å². The number of hydrogen-bond donors (Lipinski definition) is 1. The molecule has 2 aromatic rings. The van der Waals surface area contributed by atoms with E-state index < -0.39 is 5.82 Å². The maximum Gasteiger partial charge on any atom is 0.241 e. The van der Waals surface area contributed by atoms with Crippen molar-refractivity contribution in [3.63, 3.8) is 0 Å². The smallest absolute Gasteiger partial charge is 0.241 e. The average Bonchev–Trinajstić information content (AvgIpc) is 2.66. The number of nitriles is 1. The fourth-order valence-corrected chi connectivity index (χ4v) is 1.72. The molecule has 2 rings (SSSR count).